The van der Waals surface area contributed by atoms with Crippen LogP contribution in [0.5, 0.6) is 0 Å². The molecule has 1 aromatic rings. The Morgan fingerprint density at radius 3 is 2.38 bits per heavy atom. The number of carbonyl (C=O) groups is 1. The molecule has 0 aliphatic carbocycles. The molecule has 0 aromatic heterocycles. The summed E-state index contributed by atoms with van der Waals surface area (Å²) in [4.78, 5) is 11.2. The predicted octanol–water partition coefficient (Wildman–Crippen LogP) is 1.98. The first-order chi connectivity index (χ1) is 6.13. The standard InChI is InChI=1S/C10H11NO2/c1-8(2)10(12)11(13)9-6-4-3-5-7-9/h3-7,13H,1H2,2H3. The Hall–Kier alpha value is -1.61. The van der Waals surface area contributed by atoms with E-state index >= 15 is 0 Å². The normalized spacial score (nSPS) is 9.38. The van der Waals surface area contributed by atoms with Crippen molar-refractivity contribution in [2.24, 2.45) is 0 Å². The molecule has 0 spiro atoms. The second kappa shape index (κ2) is 3.87. The van der Waals surface area contributed by atoms with Crippen LogP contribution in [0.3, 0.4) is 0 Å². The molecule has 0 fully saturated rings. The third-order valence-electron chi connectivity index (χ3n) is 1.56. The van der Waals surface area contributed by atoms with E-state index in [0.717, 1.165) is 0 Å². The molecule has 1 aromatic carbocycles. The molecule has 0 saturated heterocycles. The molecule has 0 radical (unpaired) electrons. The maximum absolute atomic E-state index is 11.2. The van der Waals surface area contributed by atoms with Crippen LogP contribution in [0.25, 0.3) is 0 Å². The van der Waals surface area contributed by atoms with E-state index in [1.807, 2.05) is 6.07 Å². The summed E-state index contributed by atoms with van der Waals surface area (Å²) in [5, 5.41) is 9.97. The van der Waals surface area contributed by atoms with E-state index in [1.165, 1.54) is 0 Å². The molecule has 3 nitrogen and oxygen atoms in total. The highest BCUT2D eigenvalue weighted by atomic mass is 16.5. The van der Waals surface area contributed by atoms with Crippen LogP contribution in [-0.4, -0.2) is 11.1 Å². The Morgan fingerprint density at radius 1 is 1.38 bits per heavy atom. The lowest BCUT2D eigenvalue weighted by atomic mass is 10.3. The first-order valence-electron chi connectivity index (χ1n) is 3.87. The van der Waals surface area contributed by atoms with Crippen molar-refractivity contribution in [1.29, 1.82) is 0 Å². The largest absolute Gasteiger partial charge is 0.281 e. The zero-order chi connectivity index (χ0) is 9.84. The molecule has 0 aliphatic rings. The van der Waals surface area contributed by atoms with Crippen molar-refractivity contribution in [2.45, 2.75) is 6.92 Å². The van der Waals surface area contributed by atoms with E-state index in [-0.39, 0.29) is 0 Å². The summed E-state index contributed by atoms with van der Waals surface area (Å²) < 4.78 is 0. The zero-order valence-corrected chi connectivity index (χ0v) is 7.40. The molecule has 0 bridgehead atoms. The van der Waals surface area contributed by atoms with Crippen LogP contribution >= 0.6 is 0 Å². The number of nitrogens with zero attached hydrogens (tertiary/aromatic N) is 1. The number of hydrogen-bond donors (Lipinski definition) is 1. The number of rotatable bonds is 2. The van der Waals surface area contributed by atoms with Gasteiger partial charge in [0.2, 0.25) is 0 Å². The topological polar surface area (TPSA) is 40.5 Å². The molecule has 0 atom stereocenters. The van der Waals surface area contributed by atoms with Crippen molar-refractivity contribution in [3.05, 3.63) is 42.5 Å². The highest BCUT2D eigenvalue weighted by molar-refractivity contribution is 6.02. The van der Waals surface area contributed by atoms with Crippen molar-refractivity contribution in [1.82, 2.24) is 0 Å². The Kier molecular flexibility index (Phi) is 2.82. The summed E-state index contributed by atoms with van der Waals surface area (Å²) in [6.45, 7) is 5.00. The molecule has 13 heavy (non-hydrogen) atoms. The van der Waals surface area contributed by atoms with Crippen LogP contribution in [0.1, 0.15) is 6.92 Å². The zero-order valence-electron chi connectivity index (χ0n) is 7.40. The summed E-state index contributed by atoms with van der Waals surface area (Å²) in [6, 6.07) is 8.57. The van der Waals surface area contributed by atoms with Crippen molar-refractivity contribution in [3.63, 3.8) is 0 Å². The SMILES string of the molecule is C=C(C)C(=O)N(O)c1ccccc1. The lowest BCUT2D eigenvalue weighted by molar-refractivity contribution is -0.119. The number of hydrogen-bond acceptors (Lipinski definition) is 2. The quantitative estimate of drug-likeness (QED) is 0.426. The molecular weight excluding hydrogens is 166 g/mol. The molecule has 1 rings (SSSR count). The van der Waals surface area contributed by atoms with Crippen LogP contribution in [-0.2, 0) is 4.79 Å². The van der Waals surface area contributed by atoms with Crippen molar-refractivity contribution < 1.29 is 10.0 Å². The van der Waals surface area contributed by atoms with E-state index in [9.17, 15) is 10.0 Å². The molecule has 3 heteroatoms. The number of benzene rings is 1. The first kappa shape index (κ1) is 9.48. The summed E-state index contributed by atoms with van der Waals surface area (Å²) >= 11 is 0. The number of anilines is 1. The Labute approximate surface area is 76.9 Å². The molecule has 1 N–H and O–H groups in total. The smallest absolute Gasteiger partial charge is 0.277 e. The van der Waals surface area contributed by atoms with Crippen LogP contribution in [0, 0.1) is 0 Å². The molecule has 0 unspecified atom stereocenters. The van der Waals surface area contributed by atoms with E-state index in [4.69, 9.17) is 0 Å². The van der Waals surface area contributed by atoms with E-state index in [0.29, 0.717) is 16.3 Å². The van der Waals surface area contributed by atoms with Gasteiger partial charge in [0.15, 0.2) is 0 Å². The fourth-order valence-corrected chi connectivity index (χ4v) is 0.867. The first-order valence-corrected chi connectivity index (χ1v) is 3.87. The van der Waals surface area contributed by atoms with Gasteiger partial charge in [-0.25, -0.2) is 0 Å². The monoisotopic (exact) mass is 177 g/mol. The molecule has 1 amide bonds. The van der Waals surface area contributed by atoms with Gasteiger partial charge in [0.25, 0.3) is 5.91 Å². The van der Waals surface area contributed by atoms with Gasteiger partial charge in [0, 0.05) is 5.57 Å². The van der Waals surface area contributed by atoms with Gasteiger partial charge in [-0.3, -0.25) is 10.0 Å². The second-order valence-electron chi connectivity index (χ2n) is 2.73. The minimum atomic E-state index is -0.494. The molecular formula is C10H11NO2. The maximum atomic E-state index is 11.2. The Morgan fingerprint density at radius 2 is 1.92 bits per heavy atom. The Bertz CT molecular complexity index is 319. The number of carbonyl (C=O) groups excluding carboxylic acids is 1. The minimum Gasteiger partial charge on any atom is -0.281 e. The predicted molar refractivity (Wildman–Crippen MR) is 50.5 cm³/mol. The van der Waals surface area contributed by atoms with Crippen molar-refractivity contribution >= 4 is 11.6 Å². The highest BCUT2D eigenvalue weighted by Crippen LogP contribution is 2.12. The van der Waals surface area contributed by atoms with Gasteiger partial charge in [-0.1, -0.05) is 24.8 Å². The summed E-state index contributed by atoms with van der Waals surface area (Å²) in [6.07, 6.45) is 0. The van der Waals surface area contributed by atoms with Crippen LogP contribution in [0.15, 0.2) is 42.5 Å². The summed E-state index contributed by atoms with van der Waals surface area (Å²) in [5.41, 5.74) is 0.738. The average molecular weight is 177 g/mol. The summed E-state index contributed by atoms with van der Waals surface area (Å²) in [7, 11) is 0. The van der Waals surface area contributed by atoms with Gasteiger partial charge in [0.1, 0.15) is 0 Å². The third-order valence-corrected chi connectivity index (χ3v) is 1.56. The van der Waals surface area contributed by atoms with Crippen molar-refractivity contribution in [2.75, 3.05) is 5.06 Å². The van der Waals surface area contributed by atoms with Gasteiger partial charge in [-0.2, -0.15) is 5.06 Å². The lowest BCUT2D eigenvalue weighted by Crippen LogP contribution is -2.27. The number of amides is 1. The molecule has 0 saturated carbocycles. The highest BCUT2D eigenvalue weighted by Gasteiger charge is 2.12. The van der Waals surface area contributed by atoms with Gasteiger partial charge in [-0.05, 0) is 19.1 Å². The minimum absolute atomic E-state index is 0.298. The third kappa shape index (κ3) is 2.16. The van der Waals surface area contributed by atoms with Gasteiger partial charge < -0.3 is 0 Å². The molecule has 0 heterocycles. The fourth-order valence-electron chi connectivity index (χ4n) is 0.867. The fraction of sp³-hybridized carbons (Fsp3) is 0.100. The Balaban J connectivity index is 2.86. The number of para-hydroxylation sites is 1. The maximum Gasteiger partial charge on any atom is 0.277 e. The second-order valence-corrected chi connectivity index (χ2v) is 2.73. The molecule has 68 valence electrons. The molecule has 0 aliphatic heterocycles. The summed E-state index contributed by atoms with van der Waals surface area (Å²) in [5.74, 6) is -0.494. The van der Waals surface area contributed by atoms with Crippen LogP contribution in [0.4, 0.5) is 5.69 Å². The average Bonchev–Trinajstić information content (AvgIpc) is 2.17. The van der Waals surface area contributed by atoms with Crippen molar-refractivity contribution in [3.8, 4) is 0 Å². The van der Waals surface area contributed by atoms with Gasteiger partial charge in [0.05, 0.1) is 5.69 Å². The van der Waals surface area contributed by atoms with Gasteiger partial charge in [-0.15, -0.1) is 0 Å². The van der Waals surface area contributed by atoms with Gasteiger partial charge >= 0.3 is 0 Å². The van der Waals surface area contributed by atoms with Crippen LogP contribution in [0.2, 0.25) is 0 Å². The van der Waals surface area contributed by atoms with E-state index in [2.05, 4.69) is 6.58 Å². The van der Waals surface area contributed by atoms with E-state index < -0.39 is 5.91 Å². The lowest BCUT2D eigenvalue weighted by Gasteiger charge is -2.14. The van der Waals surface area contributed by atoms with Crippen LogP contribution < -0.4 is 5.06 Å². The number of hydroxylamine groups is 1. The van der Waals surface area contributed by atoms with E-state index in [1.54, 1.807) is 31.2 Å².